The van der Waals surface area contributed by atoms with Gasteiger partial charge < -0.3 is 9.32 Å². The zero-order chi connectivity index (χ0) is 19.7. The first-order chi connectivity index (χ1) is 13.4. The van der Waals surface area contributed by atoms with Crippen LogP contribution in [0.25, 0.3) is 22.8 Å². The van der Waals surface area contributed by atoms with E-state index >= 15 is 0 Å². The molecule has 1 saturated heterocycles. The lowest BCUT2D eigenvalue weighted by molar-refractivity contribution is -0.137. The van der Waals surface area contributed by atoms with E-state index in [9.17, 15) is 17.4 Å². The Morgan fingerprint density at radius 2 is 1.75 bits per heavy atom. The third-order valence-corrected chi connectivity index (χ3v) is 5.79. The second-order valence-electron chi connectivity index (χ2n) is 6.35. The van der Waals surface area contributed by atoms with E-state index in [1.165, 1.54) is 6.26 Å². The highest BCUT2D eigenvalue weighted by Gasteiger charge is 2.31. The smallest absolute Gasteiger partial charge is 0.416 e. The van der Waals surface area contributed by atoms with Gasteiger partial charge >= 0.3 is 6.18 Å². The molecule has 4 rings (SSSR count). The molecule has 0 saturated carbocycles. The number of anilines is 1. The maximum atomic E-state index is 12.9. The van der Waals surface area contributed by atoms with E-state index in [0.29, 0.717) is 17.2 Å². The van der Waals surface area contributed by atoms with E-state index < -0.39 is 22.5 Å². The number of hydrogen-bond acceptors (Lipinski definition) is 5. The van der Waals surface area contributed by atoms with Crippen LogP contribution < -0.4 is 4.90 Å². The van der Waals surface area contributed by atoms with Crippen molar-refractivity contribution in [3.8, 4) is 22.8 Å². The molecule has 0 bridgehead atoms. The molecular weight excluding hydrogens is 391 g/mol. The van der Waals surface area contributed by atoms with Gasteiger partial charge in [-0.1, -0.05) is 12.1 Å². The van der Waals surface area contributed by atoms with Gasteiger partial charge in [0.25, 0.3) is 0 Å². The third kappa shape index (κ3) is 3.94. The molecule has 0 aliphatic carbocycles. The Morgan fingerprint density at radius 3 is 2.43 bits per heavy atom. The molecule has 0 N–H and O–H groups in total. The van der Waals surface area contributed by atoms with E-state index in [2.05, 4.69) is 14.9 Å². The molecule has 1 aliphatic rings. The predicted molar refractivity (Wildman–Crippen MR) is 100 cm³/mol. The quantitative estimate of drug-likeness (QED) is 0.657. The highest BCUT2D eigenvalue weighted by molar-refractivity contribution is 7.85. The van der Waals surface area contributed by atoms with Gasteiger partial charge in [-0.15, -0.1) is 0 Å². The third-order valence-electron chi connectivity index (χ3n) is 4.52. The summed E-state index contributed by atoms with van der Waals surface area (Å²) >= 11 is 0. The van der Waals surface area contributed by atoms with E-state index in [1.807, 2.05) is 24.3 Å². The summed E-state index contributed by atoms with van der Waals surface area (Å²) in [7, 11) is -0.732. The van der Waals surface area contributed by atoms with Crippen molar-refractivity contribution in [2.75, 3.05) is 29.5 Å². The number of alkyl halides is 3. The van der Waals surface area contributed by atoms with Crippen molar-refractivity contribution in [2.45, 2.75) is 6.18 Å². The molecule has 9 heteroatoms. The van der Waals surface area contributed by atoms with Crippen LogP contribution in [-0.2, 0) is 17.0 Å². The molecule has 1 fully saturated rings. The molecule has 0 radical (unpaired) electrons. The standard InChI is InChI=1S/C19H16F3N3O2S/c20-19(21,22)14-5-6-23-16(11-14)18-24-17(12-27-18)13-1-3-15(4-2-13)25-7-9-28(26)10-8-25/h1-6,11-12H,7-10H2. The highest BCUT2D eigenvalue weighted by atomic mass is 32.2. The Balaban J connectivity index is 1.54. The fourth-order valence-corrected chi connectivity index (χ4v) is 4.04. The minimum atomic E-state index is -4.45. The zero-order valence-corrected chi connectivity index (χ0v) is 15.5. The normalized spacial score (nSPS) is 15.8. The van der Waals surface area contributed by atoms with Crippen LogP contribution in [0.1, 0.15) is 5.56 Å². The van der Waals surface area contributed by atoms with Gasteiger partial charge in [0, 0.05) is 52.8 Å². The average molecular weight is 407 g/mol. The Morgan fingerprint density at radius 1 is 1.04 bits per heavy atom. The summed E-state index contributed by atoms with van der Waals surface area (Å²) in [6.07, 6.45) is -1.97. The Kier molecular flexibility index (Phi) is 4.92. The first kappa shape index (κ1) is 18.7. The number of rotatable bonds is 3. The number of oxazole rings is 1. The SMILES string of the molecule is O=S1CCN(c2ccc(-c3coc(-c4cc(C(F)(F)F)ccn4)n3)cc2)CC1. The fourth-order valence-electron chi connectivity index (χ4n) is 2.99. The van der Waals surface area contributed by atoms with E-state index in [0.717, 1.165) is 42.7 Å². The molecule has 0 unspecified atom stereocenters. The van der Waals surface area contributed by atoms with Gasteiger partial charge in [0.1, 0.15) is 17.7 Å². The summed E-state index contributed by atoms with van der Waals surface area (Å²) in [6, 6.07) is 9.46. The first-order valence-corrected chi connectivity index (χ1v) is 10.1. The van der Waals surface area contributed by atoms with Crippen LogP contribution >= 0.6 is 0 Å². The van der Waals surface area contributed by atoms with Gasteiger partial charge in [0.05, 0.1) is 5.56 Å². The second kappa shape index (κ2) is 7.38. The Bertz CT molecular complexity index is 992. The van der Waals surface area contributed by atoms with Crippen molar-refractivity contribution in [1.82, 2.24) is 9.97 Å². The molecule has 1 aromatic carbocycles. The molecule has 5 nitrogen and oxygen atoms in total. The molecule has 0 atom stereocenters. The van der Waals surface area contributed by atoms with Crippen molar-refractivity contribution in [2.24, 2.45) is 0 Å². The lowest BCUT2D eigenvalue weighted by Gasteiger charge is -2.28. The number of hydrogen-bond donors (Lipinski definition) is 0. The van der Waals surface area contributed by atoms with Crippen LogP contribution in [-0.4, -0.2) is 38.8 Å². The van der Waals surface area contributed by atoms with Crippen LogP contribution in [0.15, 0.2) is 53.3 Å². The molecule has 146 valence electrons. The number of benzene rings is 1. The van der Waals surface area contributed by atoms with E-state index in [4.69, 9.17) is 4.42 Å². The van der Waals surface area contributed by atoms with E-state index in [-0.39, 0.29) is 11.6 Å². The van der Waals surface area contributed by atoms with Crippen molar-refractivity contribution in [3.05, 3.63) is 54.4 Å². The van der Waals surface area contributed by atoms with Gasteiger partial charge in [-0.2, -0.15) is 13.2 Å². The number of pyridine rings is 1. The molecule has 28 heavy (non-hydrogen) atoms. The van der Waals surface area contributed by atoms with Crippen LogP contribution in [0.3, 0.4) is 0 Å². The predicted octanol–water partition coefficient (Wildman–Crippen LogP) is 3.99. The highest BCUT2D eigenvalue weighted by Crippen LogP contribution is 2.32. The van der Waals surface area contributed by atoms with Crippen molar-refractivity contribution < 1.29 is 21.8 Å². The maximum Gasteiger partial charge on any atom is 0.416 e. The van der Waals surface area contributed by atoms with Crippen molar-refractivity contribution in [1.29, 1.82) is 0 Å². The summed E-state index contributed by atoms with van der Waals surface area (Å²) in [6.45, 7) is 1.50. The minimum absolute atomic E-state index is 0.0269. The van der Waals surface area contributed by atoms with Crippen LogP contribution in [0, 0.1) is 0 Å². The van der Waals surface area contributed by atoms with Gasteiger partial charge in [-0.05, 0) is 24.3 Å². The van der Waals surface area contributed by atoms with Gasteiger partial charge in [-0.3, -0.25) is 9.19 Å². The average Bonchev–Trinajstić information content (AvgIpc) is 3.18. The molecule has 0 spiro atoms. The van der Waals surface area contributed by atoms with Crippen LogP contribution in [0.5, 0.6) is 0 Å². The fraction of sp³-hybridized carbons (Fsp3) is 0.263. The molecule has 0 amide bonds. The van der Waals surface area contributed by atoms with Crippen molar-refractivity contribution in [3.63, 3.8) is 0 Å². The maximum absolute atomic E-state index is 12.9. The minimum Gasteiger partial charge on any atom is -0.443 e. The summed E-state index contributed by atoms with van der Waals surface area (Å²) in [5.74, 6) is 1.36. The number of halogens is 3. The Labute approximate surface area is 161 Å². The monoisotopic (exact) mass is 407 g/mol. The second-order valence-corrected chi connectivity index (χ2v) is 8.04. The molecular formula is C19H16F3N3O2S. The Hall–Kier alpha value is -2.68. The summed E-state index contributed by atoms with van der Waals surface area (Å²) in [5, 5.41) is 0. The lowest BCUT2D eigenvalue weighted by Crippen LogP contribution is -2.37. The van der Waals surface area contributed by atoms with Gasteiger partial charge in [0.15, 0.2) is 0 Å². The summed E-state index contributed by atoms with van der Waals surface area (Å²) in [4.78, 5) is 10.4. The number of aromatic nitrogens is 2. The largest absolute Gasteiger partial charge is 0.443 e. The first-order valence-electron chi connectivity index (χ1n) is 8.60. The van der Waals surface area contributed by atoms with Crippen molar-refractivity contribution >= 4 is 16.5 Å². The van der Waals surface area contributed by atoms with Crippen LogP contribution in [0.2, 0.25) is 0 Å². The van der Waals surface area contributed by atoms with Crippen LogP contribution in [0.4, 0.5) is 18.9 Å². The number of nitrogens with zero attached hydrogens (tertiary/aromatic N) is 3. The summed E-state index contributed by atoms with van der Waals surface area (Å²) in [5.41, 5.74) is 1.55. The molecule has 3 heterocycles. The zero-order valence-electron chi connectivity index (χ0n) is 14.6. The summed E-state index contributed by atoms with van der Waals surface area (Å²) < 4.78 is 55.4. The van der Waals surface area contributed by atoms with Gasteiger partial charge in [0.2, 0.25) is 5.89 Å². The van der Waals surface area contributed by atoms with E-state index in [1.54, 1.807) is 0 Å². The topological polar surface area (TPSA) is 59.2 Å². The van der Waals surface area contributed by atoms with Gasteiger partial charge in [-0.25, -0.2) is 4.98 Å². The lowest BCUT2D eigenvalue weighted by atomic mass is 10.1. The molecule has 3 aromatic rings. The molecule has 2 aromatic heterocycles. The molecule has 1 aliphatic heterocycles.